The van der Waals surface area contributed by atoms with E-state index in [0.29, 0.717) is 65.4 Å². The normalized spacial score (nSPS) is 16.5. The Labute approximate surface area is 167 Å². The number of hydrogen-bond acceptors (Lipinski definition) is 8. The summed E-state index contributed by atoms with van der Waals surface area (Å²) in [4.78, 5) is 13.5. The smallest absolute Gasteiger partial charge is 0.305 e. The third-order valence-corrected chi connectivity index (χ3v) is 4.44. The third kappa shape index (κ3) is 10.2. The summed E-state index contributed by atoms with van der Waals surface area (Å²) in [5.41, 5.74) is 1.83. The lowest BCUT2D eigenvalue weighted by molar-refractivity contribution is -0.140. The Balaban J connectivity index is 2.53. The Morgan fingerprint density at radius 1 is 1.11 bits per heavy atom. The van der Waals surface area contributed by atoms with Crippen molar-refractivity contribution in [3.05, 3.63) is 23.4 Å². The van der Waals surface area contributed by atoms with Gasteiger partial charge in [-0.25, -0.2) is 0 Å². The van der Waals surface area contributed by atoms with Gasteiger partial charge in [-0.3, -0.25) is 4.79 Å². The van der Waals surface area contributed by atoms with E-state index in [4.69, 9.17) is 18.9 Å². The second kappa shape index (κ2) is 15.5. The fourth-order valence-corrected chi connectivity index (χ4v) is 2.94. The number of allylic oxidation sites excluding steroid dienone is 1. The first-order chi connectivity index (χ1) is 13.6. The van der Waals surface area contributed by atoms with Gasteiger partial charge in [0.25, 0.3) is 0 Å². The largest absolute Gasteiger partial charge is 0.469 e. The highest BCUT2D eigenvalue weighted by Gasteiger charge is 2.19. The number of ether oxygens (including phenoxy) is 4. The van der Waals surface area contributed by atoms with Crippen molar-refractivity contribution in [2.75, 3.05) is 73.6 Å². The molecule has 0 aliphatic heterocycles. The molecule has 1 aliphatic rings. The average molecular weight is 402 g/mol. The molecule has 0 aromatic heterocycles. The summed E-state index contributed by atoms with van der Waals surface area (Å²) in [7, 11) is 3.02. The van der Waals surface area contributed by atoms with Gasteiger partial charge in [-0.15, -0.1) is 0 Å². The number of aliphatic hydroxyl groups is 2. The Morgan fingerprint density at radius 3 is 2.46 bits per heavy atom. The lowest BCUT2D eigenvalue weighted by atomic mass is 9.93. The molecular weight excluding hydrogens is 366 g/mol. The zero-order valence-electron chi connectivity index (χ0n) is 17.1. The van der Waals surface area contributed by atoms with Crippen LogP contribution in [0.15, 0.2) is 23.4 Å². The number of carbonyl (C=O) groups excluding carboxylic acids is 1. The lowest BCUT2D eigenvalue weighted by Gasteiger charge is -2.31. The fraction of sp³-hybridized carbons (Fsp3) is 0.750. The maximum atomic E-state index is 11.4. The number of aliphatic hydroxyl groups excluding tert-OH is 2. The standard InChI is InChI=1S/C20H35NO7/c1-25-8-9-28-11-10-27-7-6-21(5-3-4-20(24)26-2)19-13-17(15-22)12-18(14-19)16-23/h12-13,18,22-23H,3-11,14-16H2,1-2H3. The van der Waals surface area contributed by atoms with Crippen LogP contribution in [0.2, 0.25) is 0 Å². The first-order valence-electron chi connectivity index (χ1n) is 9.73. The number of carbonyl (C=O) groups is 1. The minimum absolute atomic E-state index is 0.0136. The molecule has 2 N–H and O–H groups in total. The minimum Gasteiger partial charge on any atom is -0.469 e. The van der Waals surface area contributed by atoms with Crippen molar-refractivity contribution in [3.8, 4) is 0 Å². The van der Waals surface area contributed by atoms with Gasteiger partial charge in [0.05, 0.1) is 46.8 Å². The van der Waals surface area contributed by atoms with Crippen LogP contribution in [-0.4, -0.2) is 94.6 Å². The van der Waals surface area contributed by atoms with Crippen LogP contribution in [0.3, 0.4) is 0 Å². The second-order valence-corrected chi connectivity index (χ2v) is 6.57. The van der Waals surface area contributed by atoms with Gasteiger partial charge in [-0.05, 0) is 24.5 Å². The van der Waals surface area contributed by atoms with E-state index < -0.39 is 0 Å². The number of esters is 1. The van der Waals surface area contributed by atoms with Gasteiger partial charge < -0.3 is 34.1 Å². The first-order valence-corrected chi connectivity index (χ1v) is 9.73. The van der Waals surface area contributed by atoms with E-state index in [-0.39, 0.29) is 25.1 Å². The Hall–Kier alpha value is -1.45. The molecule has 0 heterocycles. The maximum Gasteiger partial charge on any atom is 0.305 e. The fourth-order valence-electron chi connectivity index (χ4n) is 2.94. The zero-order chi connectivity index (χ0) is 20.6. The average Bonchev–Trinajstić information content (AvgIpc) is 2.73. The number of methoxy groups -OCH3 is 2. The van der Waals surface area contributed by atoms with Gasteiger partial charge in [0.15, 0.2) is 0 Å². The molecule has 0 bridgehead atoms. The van der Waals surface area contributed by atoms with Crippen LogP contribution in [0.1, 0.15) is 19.3 Å². The van der Waals surface area contributed by atoms with Crippen molar-refractivity contribution in [1.29, 1.82) is 0 Å². The Morgan fingerprint density at radius 2 is 1.82 bits per heavy atom. The molecular formula is C20H35NO7. The Kier molecular flexibility index (Phi) is 13.6. The molecule has 0 aromatic carbocycles. The van der Waals surface area contributed by atoms with Crippen molar-refractivity contribution in [2.24, 2.45) is 5.92 Å². The highest BCUT2D eigenvalue weighted by atomic mass is 16.5. The molecule has 8 nitrogen and oxygen atoms in total. The molecule has 0 fully saturated rings. The molecule has 0 spiro atoms. The van der Waals surface area contributed by atoms with Gasteiger partial charge in [-0.1, -0.05) is 6.08 Å². The molecule has 0 amide bonds. The summed E-state index contributed by atoms with van der Waals surface area (Å²) in [5.74, 6) is -0.244. The topological polar surface area (TPSA) is 97.7 Å². The van der Waals surface area contributed by atoms with E-state index in [0.717, 1.165) is 11.3 Å². The van der Waals surface area contributed by atoms with E-state index in [1.807, 2.05) is 12.2 Å². The lowest BCUT2D eigenvalue weighted by Crippen LogP contribution is -2.31. The summed E-state index contributed by atoms with van der Waals surface area (Å²) in [6, 6.07) is 0. The van der Waals surface area contributed by atoms with Crippen LogP contribution in [0.4, 0.5) is 0 Å². The molecule has 8 heteroatoms. The number of nitrogens with zero attached hydrogens (tertiary/aromatic N) is 1. The molecule has 0 radical (unpaired) electrons. The summed E-state index contributed by atoms with van der Waals surface area (Å²) in [5, 5.41) is 19.0. The van der Waals surface area contributed by atoms with E-state index in [1.165, 1.54) is 7.11 Å². The van der Waals surface area contributed by atoms with Crippen LogP contribution >= 0.6 is 0 Å². The van der Waals surface area contributed by atoms with Crippen LogP contribution in [0.25, 0.3) is 0 Å². The molecule has 162 valence electrons. The molecule has 1 atom stereocenters. The Bertz CT molecular complexity index is 493. The molecule has 0 saturated heterocycles. The van der Waals surface area contributed by atoms with Gasteiger partial charge in [0.2, 0.25) is 0 Å². The van der Waals surface area contributed by atoms with E-state index in [1.54, 1.807) is 7.11 Å². The van der Waals surface area contributed by atoms with Gasteiger partial charge >= 0.3 is 5.97 Å². The monoisotopic (exact) mass is 401 g/mol. The van der Waals surface area contributed by atoms with Crippen molar-refractivity contribution in [3.63, 3.8) is 0 Å². The van der Waals surface area contributed by atoms with Gasteiger partial charge in [0, 0.05) is 44.8 Å². The molecule has 0 saturated carbocycles. The highest BCUT2D eigenvalue weighted by Crippen LogP contribution is 2.25. The minimum atomic E-state index is -0.230. The number of hydrogen-bond donors (Lipinski definition) is 2. The molecule has 28 heavy (non-hydrogen) atoms. The van der Waals surface area contributed by atoms with Crippen molar-refractivity contribution in [2.45, 2.75) is 19.3 Å². The summed E-state index contributed by atoms with van der Waals surface area (Å²) in [6.07, 6.45) is 5.56. The van der Waals surface area contributed by atoms with Gasteiger partial charge in [0.1, 0.15) is 0 Å². The zero-order valence-corrected chi connectivity index (χ0v) is 17.1. The van der Waals surface area contributed by atoms with E-state index >= 15 is 0 Å². The molecule has 1 aliphatic carbocycles. The van der Waals surface area contributed by atoms with Crippen LogP contribution in [0.5, 0.6) is 0 Å². The summed E-state index contributed by atoms with van der Waals surface area (Å²) in [6.45, 7) is 3.94. The summed E-state index contributed by atoms with van der Waals surface area (Å²) < 4.78 is 20.6. The predicted octanol–water partition coefficient (Wildman–Crippen LogP) is 0.736. The second-order valence-electron chi connectivity index (χ2n) is 6.57. The van der Waals surface area contributed by atoms with E-state index in [9.17, 15) is 15.0 Å². The van der Waals surface area contributed by atoms with Crippen molar-refractivity contribution < 1.29 is 34.0 Å². The van der Waals surface area contributed by atoms with Crippen LogP contribution in [-0.2, 0) is 23.7 Å². The van der Waals surface area contributed by atoms with Crippen LogP contribution < -0.4 is 0 Å². The highest BCUT2D eigenvalue weighted by molar-refractivity contribution is 5.69. The molecule has 1 rings (SSSR count). The third-order valence-electron chi connectivity index (χ3n) is 4.44. The first kappa shape index (κ1) is 24.6. The molecule has 1 unspecified atom stereocenters. The predicted molar refractivity (Wildman–Crippen MR) is 105 cm³/mol. The van der Waals surface area contributed by atoms with Crippen molar-refractivity contribution >= 4 is 5.97 Å². The quantitative estimate of drug-likeness (QED) is 0.289. The SMILES string of the molecule is COCCOCCOCCN(CCCC(=O)OC)C1=CC(CO)=CC(CO)C1. The van der Waals surface area contributed by atoms with Crippen molar-refractivity contribution in [1.82, 2.24) is 4.90 Å². The maximum absolute atomic E-state index is 11.4. The van der Waals surface area contributed by atoms with Gasteiger partial charge in [-0.2, -0.15) is 0 Å². The number of rotatable bonds is 16. The molecule has 0 aromatic rings. The van der Waals surface area contributed by atoms with E-state index in [2.05, 4.69) is 4.90 Å². The van der Waals surface area contributed by atoms with Crippen LogP contribution in [0, 0.1) is 5.92 Å². The summed E-state index contributed by atoms with van der Waals surface area (Å²) >= 11 is 0.